The van der Waals surface area contributed by atoms with Gasteiger partial charge in [-0.05, 0) is 42.7 Å². The van der Waals surface area contributed by atoms with Crippen LogP contribution in [0.4, 0.5) is 5.69 Å². The molecule has 0 aliphatic heterocycles. The number of nitrogens with two attached hydrogens (primary N) is 1. The van der Waals surface area contributed by atoms with Gasteiger partial charge in [0.1, 0.15) is 9.71 Å². The Kier molecular flexibility index (Phi) is 4.06. The largest absolute Gasteiger partial charge is 0.397 e. The van der Waals surface area contributed by atoms with Crippen molar-refractivity contribution in [2.24, 2.45) is 0 Å². The second kappa shape index (κ2) is 6.59. The molecule has 1 aliphatic carbocycles. The molecule has 0 unspecified atom stereocenters. The van der Waals surface area contributed by atoms with Gasteiger partial charge in [-0.2, -0.15) is 0 Å². The van der Waals surface area contributed by atoms with Gasteiger partial charge in [-0.1, -0.05) is 36.4 Å². The van der Waals surface area contributed by atoms with Crippen LogP contribution in [0.1, 0.15) is 39.3 Å². The number of rotatable bonds is 3. The molecule has 5 rings (SSSR count). The van der Waals surface area contributed by atoms with Crippen molar-refractivity contribution in [1.29, 1.82) is 0 Å². The lowest BCUT2D eigenvalue weighted by Crippen LogP contribution is -2.07. The molecule has 0 saturated carbocycles. The van der Waals surface area contributed by atoms with E-state index in [1.54, 1.807) is 11.3 Å². The Hall–Kier alpha value is -2.50. The van der Waals surface area contributed by atoms with E-state index < -0.39 is 0 Å². The molecule has 3 aromatic heterocycles. The van der Waals surface area contributed by atoms with Crippen molar-refractivity contribution in [1.82, 2.24) is 4.98 Å². The van der Waals surface area contributed by atoms with Gasteiger partial charge in [-0.3, -0.25) is 4.79 Å². The molecule has 1 aromatic carbocycles. The van der Waals surface area contributed by atoms with Crippen molar-refractivity contribution in [3.8, 4) is 10.4 Å². The summed E-state index contributed by atoms with van der Waals surface area (Å²) in [4.78, 5) is 20.7. The number of aromatic nitrogens is 1. The van der Waals surface area contributed by atoms with Gasteiger partial charge in [0.2, 0.25) is 5.78 Å². The van der Waals surface area contributed by atoms with Crippen LogP contribution < -0.4 is 5.73 Å². The SMILES string of the molecule is Nc1c(C(=O)c2ccccc2)sc2nc3c(c(-c4cccs4)c12)CCCC3. The first-order valence-corrected chi connectivity index (χ1v) is 10.8. The van der Waals surface area contributed by atoms with Crippen molar-refractivity contribution < 1.29 is 4.79 Å². The van der Waals surface area contributed by atoms with Crippen LogP contribution in [0.3, 0.4) is 0 Å². The number of fused-ring (bicyclic) bond motifs is 2. The summed E-state index contributed by atoms with van der Waals surface area (Å²) < 4.78 is 0. The first kappa shape index (κ1) is 16.7. The number of carbonyl (C=O) groups excluding carboxylic acids is 1. The third kappa shape index (κ3) is 2.69. The van der Waals surface area contributed by atoms with Crippen molar-refractivity contribution in [2.45, 2.75) is 25.7 Å². The maximum absolute atomic E-state index is 13.1. The van der Waals surface area contributed by atoms with E-state index in [9.17, 15) is 4.79 Å². The molecule has 3 heterocycles. The molecule has 0 bridgehead atoms. The lowest BCUT2D eigenvalue weighted by Gasteiger charge is -2.19. The third-order valence-corrected chi connectivity index (χ3v) is 7.15. The van der Waals surface area contributed by atoms with Gasteiger partial charge in [0, 0.05) is 27.1 Å². The fourth-order valence-electron chi connectivity index (χ4n) is 3.89. The van der Waals surface area contributed by atoms with Crippen LogP contribution in [0.5, 0.6) is 0 Å². The van der Waals surface area contributed by atoms with E-state index in [4.69, 9.17) is 10.7 Å². The maximum Gasteiger partial charge on any atom is 0.205 e. The zero-order chi connectivity index (χ0) is 18.4. The van der Waals surface area contributed by atoms with Gasteiger partial charge < -0.3 is 5.73 Å². The van der Waals surface area contributed by atoms with Gasteiger partial charge in [-0.15, -0.1) is 22.7 Å². The fraction of sp³-hybridized carbons (Fsp3) is 0.182. The summed E-state index contributed by atoms with van der Waals surface area (Å²) in [6, 6.07) is 13.6. The normalized spacial score (nSPS) is 13.6. The average Bonchev–Trinajstić information content (AvgIpc) is 3.35. The van der Waals surface area contributed by atoms with Crippen LogP contribution in [-0.2, 0) is 12.8 Å². The Morgan fingerprint density at radius 3 is 2.63 bits per heavy atom. The van der Waals surface area contributed by atoms with Crippen LogP contribution in [-0.4, -0.2) is 10.8 Å². The van der Waals surface area contributed by atoms with E-state index in [0.717, 1.165) is 23.1 Å². The second-order valence-corrected chi connectivity index (χ2v) is 8.76. The minimum absolute atomic E-state index is 0.0220. The third-order valence-electron chi connectivity index (χ3n) is 5.16. The maximum atomic E-state index is 13.1. The first-order chi connectivity index (χ1) is 13.2. The Labute approximate surface area is 165 Å². The number of carbonyl (C=O) groups is 1. The predicted molar refractivity (Wildman–Crippen MR) is 114 cm³/mol. The minimum Gasteiger partial charge on any atom is -0.397 e. The molecular formula is C22H18N2OS2. The number of ketones is 1. The first-order valence-electron chi connectivity index (χ1n) is 9.11. The van der Waals surface area contributed by atoms with E-state index in [0.29, 0.717) is 16.1 Å². The zero-order valence-corrected chi connectivity index (χ0v) is 16.3. The van der Waals surface area contributed by atoms with Crippen LogP contribution in [0.25, 0.3) is 20.7 Å². The quantitative estimate of drug-likeness (QED) is 0.455. The van der Waals surface area contributed by atoms with Crippen LogP contribution in [0.15, 0.2) is 47.8 Å². The number of thiophene rings is 2. The molecule has 3 nitrogen and oxygen atoms in total. The summed E-state index contributed by atoms with van der Waals surface area (Å²) in [6.45, 7) is 0. The monoisotopic (exact) mass is 390 g/mol. The van der Waals surface area contributed by atoms with Crippen LogP contribution in [0, 0.1) is 0 Å². The standard InChI is InChI=1S/C22H18N2OS2/c23-19-18-17(16-11-6-12-26-16)14-9-4-5-10-15(14)24-22(18)27-21(19)20(25)13-7-2-1-3-8-13/h1-3,6-8,11-12H,4-5,9-10,23H2. The molecular weight excluding hydrogens is 372 g/mol. The van der Waals surface area contributed by atoms with E-state index in [1.807, 2.05) is 30.3 Å². The molecule has 0 atom stereocenters. The lowest BCUT2D eigenvalue weighted by molar-refractivity contribution is 0.104. The second-order valence-electron chi connectivity index (χ2n) is 6.82. The van der Waals surface area contributed by atoms with Crippen molar-refractivity contribution in [3.05, 3.63) is 69.5 Å². The van der Waals surface area contributed by atoms with Gasteiger partial charge in [0.15, 0.2) is 0 Å². The molecule has 0 amide bonds. The molecule has 0 saturated heterocycles. The average molecular weight is 391 g/mol. The van der Waals surface area contributed by atoms with Crippen molar-refractivity contribution in [3.63, 3.8) is 0 Å². The number of nitrogens with zero attached hydrogens (tertiary/aromatic N) is 1. The molecule has 2 N–H and O–H groups in total. The Morgan fingerprint density at radius 2 is 1.85 bits per heavy atom. The summed E-state index contributed by atoms with van der Waals surface area (Å²) in [6.07, 6.45) is 4.39. The molecule has 4 aromatic rings. The highest BCUT2D eigenvalue weighted by molar-refractivity contribution is 7.21. The van der Waals surface area contributed by atoms with Gasteiger partial charge in [-0.25, -0.2) is 4.98 Å². The van der Waals surface area contributed by atoms with Crippen molar-refractivity contribution >= 4 is 44.4 Å². The van der Waals surface area contributed by atoms with Crippen LogP contribution in [0.2, 0.25) is 0 Å². The van der Waals surface area contributed by atoms with Gasteiger partial charge in [0.25, 0.3) is 0 Å². The summed E-state index contributed by atoms with van der Waals surface area (Å²) >= 11 is 3.15. The lowest BCUT2D eigenvalue weighted by atomic mass is 9.90. The van der Waals surface area contributed by atoms with E-state index in [1.165, 1.54) is 45.9 Å². The number of benzene rings is 1. The number of hydrogen-bond acceptors (Lipinski definition) is 5. The fourth-order valence-corrected chi connectivity index (χ4v) is 5.78. The Balaban J connectivity index is 1.79. The van der Waals surface area contributed by atoms with Crippen LogP contribution >= 0.6 is 22.7 Å². The highest BCUT2D eigenvalue weighted by atomic mass is 32.1. The summed E-state index contributed by atoms with van der Waals surface area (Å²) in [5.74, 6) is -0.0220. The molecule has 0 radical (unpaired) electrons. The summed E-state index contributed by atoms with van der Waals surface area (Å²) in [5.41, 5.74) is 11.5. The Morgan fingerprint density at radius 1 is 1.04 bits per heavy atom. The highest BCUT2D eigenvalue weighted by Gasteiger charge is 2.26. The molecule has 134 valence electrons. The number of nitrogen functional groups attached to an aromatic ring is 1. The molecule has 27 heavy (non-hydrogen) atoms. The molecule has 0 spiro atoms. The number of aryl methyl sites for hydroxylation is 1. The zero-order valence-electron chi connectivity index (χ0n) is 14.7. The molecule has 1 aliphatic rings. The topological polar surface area (TPSA) is 56.0 Å². The predicted octanol–water partition coefficient (Wildman–Crippen LogP) is 5.72. The summed E-state index contributed by atoms with van der Waals surface area (Å²) in [7, 11) is 0. The highest BCUT2D eigenvalue weighted by Crippen LogP contribution is 2.45. The number of anilines is 1. The van der Waals surface area contributed by atoms with E-state index in [-0.39, 0.29) is 5.78 Å². The minimum atomic E-state index is -0.0220. The smallest absolute Gasteiger partial charge is 0.205 e. The molecule has 5 heteroatoms. The van der Waals surface area contributed by atoms with Gasteiger partial charge in [0.05, 0.1) is 5.69 Å². The van der Waals surface area contributed by atoms with E-state index in [2.05, 4.69) is 17.5 Å². The Bertz CT molecular complexity index is 1140. The summed E-state index contributed by atoms with van der Waals surface area (Å²) in [5, 5.41) is 3.05. The van der Waals surface area contributed by atoms with E-state index >= 15 is 0 Å². The van der Waals surface area contributed by atoms with Crippen molar-refractivity contribution in [2.75, 3.05) is 5.73 Å². The number of hydrogen-bond donors (Lipinski definition) is 1. The number of pyridine rings is 1. The molecule has 0 fully saturated rings. The van der Waals surface area contributed by atoms with Gasteiger partial charge >= 0.3 is 0 Å².